The standard InChI is InChI=1S/C27H17F6N2P/c28-26(29,30)20-14-9-15-21(27(31,32)33)24(20)35-23-17-8-7-16-22(23)34-25(35)36(18-10-3-1-4-11-18)19-12-5-2-6-13-19/h1-17H. The van der Waals surface area contributed by atoms with Gasteiger partial charge < -0.3 is 0 Å². The second-order valence-corrected chi connectivity index (χ2v) is 10.0. The van der Waals surface area contributed by atoms with E-state index < -0.39 is 37.1 Å². The van der Waals surface area contributed by atoms with E-state index in [0.717, 1.165) is 21.2 Å². The number of benzene rings is 4. The van der Waals surface area contributed by atoms with Gasteiger partial charge in [0, 0.05) is 7.92 Å². The first kappa shape index (κ1) is 24.1. The molecule has 1 aromatic heterocycles. The molecule has 0 spiro atoms. The molecule has 0 aliphatic carbocycles. The molecule has 0 saturated carbocycles. The predicted octanol–water partition coefficient (Wildman–Crippen LogP) is 6.82. The van der Waals surface area contributed by atoms with Crippen molar-refractivity contribution in [3.63, 3.8) is 0 Å². The molecular formula is C27H17F6N2P. The number of para-hydroxylation sites is 3. The number of alkyl halides is 6. The maximum absolute atomic E-state index is 14.2. The van der Waals surface area contributed by atoms with Gasteiger partial charge in [-0.15, -0.1) is 0 Å². The van der Waals surface area contributed by atoms with Crippen molar-refractivity contribution in [2.45, 2.75) is 12.4 Å². The fraction of sp³-hybridized carbons (Fsp3) is 0.0741. The number of halogens is 6. The van der Waals surface area contributed by atoms with Crippen LogP contribution in [0.25, 0.3) is 16.7 Å². The molecule has 0 radical (unpaired) electrons. The summed E-state index contributed by atoms with van der Waals surface area (Å²) in [6, 6.07) is 26.4. The van der Waals surface area contributed by atoms with Crippen LogP contribution in [-0.2, 0) is 12.4 Å². The summed E-state index contributed by atoms with van der Waals surface area (Å²) in [7, 11) is -1.62. The summed E-state index contributed by atoms with van der Waals surface area (Å²) in [4.78, 5) is 4.65. The third-order valence-corrected chi connectivity index (χ3v) is 7.97. The van der Waals surface area contributed by atoms with Crippen molar-refractivity contribution in [3.05, 3.63) is 114 Å². The maximum Gasteiger partial charge on any atom is 0.418 e. The third-order valence-electron chi connectivity index (χ3n) is 5.64. The van der Waals surface area contributed by atoms with Gasteiger partial charge in [0.05, 0.1) is 27.8 Å². The summed E-state index contributed by atoms with van der Waals surface area (Å²) in [6.45, 7) is 0. The maximum atomic E-state index is 14.2. The van der Waals surface area contributed by atoms with Crippen LogP contribution in [0.2, 0.25) is 0 Å². The van der Waals surface area contributed by atoms with Crippen LogP contribution < -0.4 is 16.2 Å². The molecule has 0 fully saturated rings. The zero-order valence-electron chi connectivity index (χ0n) is 18.4. The molecule has 182 valence electrons. The van der Waals surface area contributed by atoms with Crippen molar-refractivity contribution < 1.29 is 26.3 Å². The van der Waals surface area contributed by atoms with Gasteiger partial charge in [-0.25, -0.2) is 4.98 Å². The molecule has 0 bridgehead atoms. The highest BCUT2D eigenvalue weighted by atomic mass is 31.1. The first-order valence-corrected chi connectivity index (χ1v) is 12.2. The summed E-state index contributed by atoms with van der Waals surface area (Å²) in [5.74, 6) is 0. The summed E-state index contributed by atoms with van der Waals surface area (Å²) in [5.41, 5.74) is -3.15. The number of fused-ring (bicyclic) bond motifs is 1. The quantitative estimate of drug-likeness (QED) is 0.190. The van der Waals surface area contributed by atoms with Crippen LogP contribution in [0.4, 0.5) is 26.3 Å². The van der Waals surface area contributed by atoms with Crippen LogP contribution in [0, 0.1) is 0 Å². The molecule has 0 unspecified atom stereocenters. The van der Waals surface area contributed by atoms with Gasteiger partial charge in [-0.1, -0.05) is 78.9 Å². The van der Waals surface area contributed by atoms with Gasteiger partial charge in [0.15, 0.2) is 0 Å². The molecule has 2 nitrogen and oxygen atoms in total. The Labute approximate surface area is 203 Å². The van der Waals surface area contributed by atoms with Crippen LogP contribution in [0.1, 0.15) is 11.1 Å². The number of aromatic nitrogens is 2. The van der Waals surface area contributed by atoms with Gasteiger partial charge in [-0.05, 0) is 34.9 Å². The zero-order valence-corrected chi connectivity index (χ0v) is 19.3. The molecular weight excluding hydrogens is 497 g/mol. The van der Waals surface area contributed by atoms with Gasteiger partial charge >= 0.3 is 12.4 Å². The van der Waals surface area contributed by atoms with Crippen molar-refractivity contribution in [2.24, 2.45) is 0 Å². The molecule has 1 heterocycles. The number of hydrogen-bond acceptors (Lipinski definition) is 1. The minimum absolute atomic E-state index is 0.116. The molecule has 9 heteroatoms. The second-order valence-electron chi connectivity index (χ2n) is 7.94. The molecule has 0 N–H and O–H groups in total. The molecule has 0 atom stereocenters. The normalized spacial score (nSPS) is 12.4. The van der Waals surface area contributed by atoms with Gasteiger partial charge in [-0.2, -0.15) is 26.3 Å². The van der Waals surface area contributed by atoms with E-state index in [1.165, 1.54) is 6.07 Å². The topological polar surface area (TPSA) is 17.8 Å². The lowest BCUT2D eigenvalue weighted by Gasteiger charge is -2.24. The minimum atomic E-state index is -5.03. The largest absolute Gasteiger partial charge is 0.418 e. The highest BCUT2D eigenvalue weighted by Crippen LogP contribution is 2.44. The molecule has 4 aromatic carbocycles. The zero-order chi connectivity index (χ0) is 25.5. The first-order valence-electron chi connectivity index (χ1n) is 10.8. The third kappa shape index (κ3) is 4.37. The summed E-state index contributed by atoms with van der Waals surface area (Å²) < 4.78 is 86.2. The number of imidazole rings is 1. The lowest BCUT2D eigenvalue weighted by Crippen LogP contribution is -2.30. The molecule has 0 aliphatic rings. The average molecular weight is 514 g/mol. The Morgan fingerprint density at radius 3 is 1.53 bits per heavy atom. The average Bonchev–Trinajstić information content (AvgIpc) is 3.22. The van der Waals surface area contributed by atoms with Crippen LogP contribution in [-0.4, -0.2) is 9.55 Å². The highest BCUT2D eigenvalue weighted by molar-refractivity contribution is 7.79. The predicted molar refractivity (Wildman–Crippen MR) is 130 cm³/mol. The van der Waals surface area contributed by atoms with Crippen LogP contribution in [0.3, 0.4) is 0 Å². The Morgan fingerprint density at radius 1 is 0.556 bits per heavy atom. The minimum Gasteiger partial charge on any atom is -0.291 e. The van der Waals surface area contributed by atoms with Crippen molar-refractivity contribution >= 4 is 35.1 Å². The number of nitrogens with zero attached hydrogens (tertiary/aromatic N) is 2. The van der Waals surface area contributed by atoms with E-state index in [1.54, 1.807) is 54.6 Å². The van der Waals surface area contributed by atoms with Crippen molar-refractivity contribution in [2.75, 3.05) is 0 Å². The van der Waals surface area contributed by atoms with E-state index in [0.29, 0.717) is 17.6 Å². The van der Waals surface area contributed by atoms with E-state index in [-0.39, 0.29) is 11.1 Å². The SMILES string of the molecule is FC(F)(F)c1cccc(C(F)(F)F)c1-n1c(P(c2ccccc2)c2ccccc2)nc2ccccc21. The molecule has 36 heavy (non-hydrogen) atoms. The van der Waals surface area contributed by atoms with E-state index in [4.69, 9.17) is 0 Å². The fourth-order valence-electron chi connectivity index (χ4n) is 4.16. The monoisotopic (exact) mass is 514 g/mol. The van der Waals surface area contributed by atoms with Gasteiger partial charge in [-0.3, -0.25) is 4.57 Å². The molecule has 0 aliphatic heterocycles. The molecule has 5 rings (SSSR count). The lowest BCUT2D eigenvalue weighted by molar-refractivity contribution is -0.142. The smallest absolute Gasteiger partial charge is 0.291 e. The summed E-state index contributed by atoms with van der Waals surface area (Å²) in [6.07, 6.45) is -10.1. The fourth-order valence-corrected chi connectivity index (χ4v) is 6.48. The summed E-state index contributed by atoms with van der Waals surface area (Å²) >= 11 is 0. The van der Waals surface area contributed by atoms with Crippen LogP contribution in [0.15, 0.2) is 103 Å². The van der Waals surface area contributed by atoms with E-state index in [2.05, 4.69) is 4.98 Å². The Kier molecular flexibility index (Phi) is 6.08. The van der Waals surface area contributed by atoms with E-state index in [9.17, 15) is 26.3 Å². The molecule has 5 aromatic rings. The molecule has 0 saturated heterocycles. The van der Waals surface area contributed by atoms with Crippen molar-refractivity contribution in [1.29, 1.82) is 0 Å². The van der Waals surface area contributed by atoms with Gasteiger partial charge in [0.25, 0.3) is 0 Å². The highest BCUT2D eigenvalue weighted by Gasteiger charge is 2.43. The van der Waals surface area contributed by atoms with Crippen LogP contribution >= 0.6 is 7.92 Å². The summed E-state index contributed by atoms with van der Waals surface area (Å²) in [5, 5.41) is 1.49. The number of rotatable bonds is 4. The lowest BCUT2D eigenvalue weighted by atomic mass is 10.1. The van der Waals surface area contributed by atoms with Gasteiger partial charge in [0.1, 0.15) is 5.57 Å². The van der Waals surface area contributed by atoms with Crippen molar-refractivity contribution in [1.82, 2.24) is 9.55 Å². The Morgan fingerprint density at radius 2 is 1.03 bits per heavy atom. The first-order chi connectivity index (χ1) is 17.2. The Balaban J connectivity index is 1.94. The Bertz CT molecular complexity index is 1440. The Hall–Kier alpha value is -3.64. The van der Waals surface area contributed by atoms with Crippen LogP contribution in [0.5, 0.6) is 0 Å². The second kappa shape index (κ2) is 9.10. The van der Waals surface area contributed by atoms with E-state index >= 15 is 0 Å². The number of hydrogen-bond donors (Lipinski definition) is 0. The van der Waals surface area contributed by atoms with Crippen molar-refractivity contribution in [3.8, 4) is 5.69 Å². The van der Waals surface area contributed by atoms with E-state index in [1.807, 2.05) is 24.3 Å². The molecule has 0 amide bonds. The van der Waals surface area contributed by atoms with Gasteiger partial charge in [0.2, 0.25) is 0 Å².